The number of carbonyl (C=O) groups is 1. The average molecular weight is 260 g/mol. The van der Waals surface area contributed by atoms with Crippen LogP contribution in [0.3, 0.4) is 0 Å². The van der Waals surface area contributed by atoms with E-state index < -0.39 is 5.97 Å². The molecule has 0 aliphatic carbocycles. The Morgan fingerprint density at radius 3 is 2.74 bits per heavy atom. The Bertz CT molecular complexity index is 587. The molecule has 1 aromatic heterocycles. The van der Waals surface area contributed by atoms with Crippen molar-refractivity contribution in [1.29, 1.82) is 0 Å². The number of hydrogen-bond donors (Lipinski definition) is 1. The molecule has 0 spiro atoms. The zero-order chi connectivity index (χ0) is 13.8. The molecule has 0 amide bonds. The number of benzene rings is 1. The second-order valence-corrected chi connectivity index (χ2v) is 4.72. The first-order chi connectivity index (χ1) is 9.19. The first kappa shape index (κ1) is 13.6. The predicted molar refractivity (Wildman–Crippen MR) is 75.6 cm³/mol. The molecule has 0 unspecified atom stereocenters. The molecule has 0 aliphatic heterocycles. The molecule has 0 atom stereocenters. The van der Waals surface area contributed by atoms with Gasteiger partial charge in [0, 0.05) is 13.0 Å². The number of carboxylic acid groups (broad SMARTS) is 1. The maximum atomic E-state index is 11.2. The van der Waals surface area contributed by atoms with Crippen LogP contribution in [0.25, 0.3) is 11.0 Å². The van der Waals surface area contributed by atoms with Crippen LogP contribution < -0.4 is 0 Å². The van der Waals surface area contributed by atoms with Crippen molar-refractivity contribution < 1.29 is 9.90 Å². The Hall–Kier alpha value is -1.84. The van der Waals surface area contributed by atoms with Crippen LogP contribution in [0.15, 0.2) is 18.2 Å². The molecule has 2 rings (SSSR count). The van der Waals surface area contributed by atoms with Gasteiger partial charge >= 0.3 is 5.97 Å². The van der Waals surface area contributed by atoms with Crippen molar-refractivity contribution in [1.82, 2.24) is 9.55 Å². The predicted octanol–water partition coefficient (Wildman–Crippen LogP) is 3.49. The third-order valence-electron chi connectivity index (χ3n) is 3.39. The number of aromatic nitrogens is 2. The lowest BCUT2D eigenvalue weighted by molar-refractivity contribution is 0.0699. The lowest BCUT2D eigenvalue weighted by atomic mass is 10.2. The molecular weight excluding hydrogens is 240 g/mol. The Balaban J connectivity index is 2.49. The Morgan fingerprint density at radius 2 is 2.11 bits per heavy atom. The molecule has 0 aliphatic rings. The van der Waals surface area contributed by atoms with Gasteiger partial charge in [0.05, 0.1) is 11.1 Å². The van der Waals surface area contributed by atoms with Gasteiger partial charge < -0.3 is 9.67 Å². The van der Waals surface area contributed by atoms with E-state index in [1.54, 1.807) is 12.1 Å². The van der Waals surface area contributed by atoms with Crippen LogP contribution in [0.4, 0.5) is 0 Å². The number of fused-ring (bicyclic) bond motifs is 1. The number of imidazole rings is 1. The minimum absolute atomic E-state index is 0.293. The van der Waals surface area contributed by atoms with Crippen LogP contribution >= 0.6 is 0 Å². The third kappa shape index (κ3) is 2.62. The van der Waals surface area contributed by atoms with Crippen LogP contribution in [-0.2, 0) is 13.0 Å². The summed E-state index contributed by atoms with van der Waals surface area (Å²) in [6.45, 7) is 5.14. The molecule has 102 valence electrons. The van der Waals surface area contributed by atoms with E-state index in [1.165, 1.54) is 12.8 Å². The molecule has 0 saturated heterocycles. The molecule has 4 nitrogen and oxygen atoms in total. The van der Waals surface area contributed by atoms with Crippen molar-refractivity contribution in [3.05, 3.63) is 29.6 Å². The number of para-hydroxylation sites is 1. The van der Waals surface area contributed by atoms with Crippen molar-refractivity contribution in [3.63, 3.8) is 0 Å². The number of rotatable bonds is 6. The largest absolute Gasteiger partial charge is 0.478 e. The number of carboxylic acids is 1. The van der Waals surface area contributed by atoms with Crippen LogP contribution in [-0.4, -0.2) is 20.6 Å². The van der Waals surface area contributed by atoms with Crippen LogP contribution in [0.2, 0.25) is 0 Å². The standard InChI is InChI=1S/C15H20N2O2/c1-3-5-6-10-17-12-9-7-8-11(15(18)19)14(12)16-13(17)4-2/h7-9H,3-6,10H2,1-2H3,(H,18,19). The number of aromatic carboxylic acids is 1. The average Bonchev–Trinajstić information content (AvgIpc) is 2.77. The van der Waals surface area contributed by atoms with E-state index in [0.29, 0.717) is 11.1 Å². The summed E-state index contributed by atoms with van der Waals surface area (Å²) in [5.74, 6) is 0.0614. The highest BCUT2D eigenvalue weighted by Gasteiger charge is 2.15. The van der Waals surface area contributed by atoms with Gasteiger partial charge in [0.1, 0.15) is 11.3 Å². The molecule has 0 radical (unpaired) electrons. The zero-order valence-electron chi connectivity index (χ0n) is 11.5. The molecule has 0 fully saturated rings. The van der Waals surface area contributed by atoms with Gasteiger partial charge in [0.2, 0.25) is 0 Å². The van der Waals surface area contributed by atoms with E-state index in [9.17, 15) is 9.90 Å². The molecule has 1 heterocycles. The van der Waals surface area contributed by atoms with Gasteiger partial charge in [0.25, 0.3) is 0 Å². The molecule has 1 N–H and O–H groups in total. The lowest BCUT2D eigenvalue weighted by Gasteiger charge is -2.07. The fourth-order valence-electron chi connectivity index (χ4n) is 2.41. The smallest absolute Gasteiger partial charge is 0.337 e. The summed E-state index contributed by atoms with van der Waals surface area (Å²) in [5, 5.41) is 9.22. The molecule has 4 heteroatoms. The van der Waals surface area contributed by atoms with Gasteiger partial charge in [0.15, 0.2) is 0 Å². The van der Waals surface area contributed by atoms with Crippen LogP contribution in [0, 0.1) is 0 Å². The summed E-state index contributed by atoms with van der Waals surface area (Å²) < 4.78 is 2.16. The number of aryl methyl sites for hydroxylation is 2. The first-order valence-electron chi connectivity index (χ1n) is 6.90. The van der Waals surface area contributed by atoms with E-state index in [-0.39, 0.29) is 0 Å². The van der Waals surface area contributed by atoms with Crippen LogP contribution in [0.5, 0.6) is 0 Å². The van der Waals surface area contributed by atoms with Gasteiger partial charge in [-0.15, -0.1) is 0 Å². The quantitative estimate of drug-likeness (QED) is 0.809. The summed E-state index contributed by atoms with van der Waals surface area (Å²) in [6, 6.07) is 5.37. The zero-order valence-corrected chi connectivity index (χ0v) is 11.5. The number of nitrogens with zero attached hydrogens (tertiary/aromatic N) is 2. The van der Waals surface area contributed by atoms with Crippen molar-refractivity contribution >= 4 is 17.0 Å². The Kier molecular flexibility index (Phi) is 4.20. The summed E-state index contributed by atoms with van der Waals surface area (Å²) >= 11 is 0. The van der Waals surface area contributed by atoms with E-state index >= 15 is 0 Å². The summed E-state index contributed by atoms with van der Waals surface area (Å²) in [6.07, 6.45) is 4.28. The molecule has 0 saturated carbocycles. The van der Waals surface area contributed by atoms with Gasteiger partial charge in [-0.05, 0) is 18.6 Å². The second kappa shape index (κ2) is 5.87. The maximum Gasteiger partial charge on any atom is 0.337 e. The fraction of sp³-hybridized carbons (Fsp3) is 0.467. The highest BCUT2D eigenvalue weighted by atomic mass is 16.4. The Morgan fingerprint density at radius 1 is 1.32 bits per heavy atom. The molecule has 19 heavy (non-hydrogen) atoms. The van der Waals surface area contributed by atoms with E-state index in [2.05, 4.69) is 23.4 Å². The van der Waals surface area contributed by atoms with Crippen LogP contribution in [0.1, 0.15) is 49.3 Å². The van der Waals surface area contributed by atoms with Gasteiger partial charge in [-0.3, -0.25) is 0 Å². The van der Waals surface area contributed by atoms with Gasteiger partial charge in [-0.25, -0.2) is 9.78 Å². The summed E-state index contributed by atoms with van der Waals surface area (Å²) in [4.78, 5) is 15.7. The van der Waals surface area contributed by atoms with E-state index in [1.807, 2.05) is 6.07 Å². The van der Waals surface area contributed by atoms with Crippen molar-refractivity contribution in [2.24, 2.45) is 0 Å². The van der Waals surface area contributed by atoms with Gasteiger partial charge in [-0.2, -0.15) is 0 Å². The highest BCUT2D eigenvalue weighted by Crippen LogP contribution is 2.21. The topological polar surface area (TPSA) is 55.1 Å². The normalized spacial score (nSPS) is 11.1. The molecular formula is C15H20N2O2. The van der Waals surface area contributed by atoms with Crippen molar-refractivity contribution in [2.45, 2.75) is 46.1 Å². The highest BCUT2D eigenvalue weighted by molar-refractivity contribution is 6.01. The molecule has 0 bridgehead atoms. The number of unbranched alkanes of at least 4 members (excludes halogenated alkanes) is 2. The fourth-order valence-corrected chi connectivity index (χ4v) is 2.41. The summed E-state index contributed by atoms with van der Waals surface area (Å²) in [7, 11) is 0. The van der Waals surface area contributed by atoms with E-state index in [0.717, 1.165) is 30.7 Å². The summed E-state index contributed by atoms with van der Waals surface area (Å²) in [5.41, 5.74) is 1.85. The molecule has 2 aromatic rings. The maximum absolute atomic E-state index is 11.2. The minimum Gasteiger partial charge on any atom is -0.478 e. The Labute approximate surface area is 113 Å². The van der Waals surface area contributed by atoms with Gasteiger partial charge in [-0.1, -0.05) is 32.8 Å². The monoisotopic (exact) mass is 260 g/mol. The lowest BCUT2D eigenvalue weighted by Crippen LogP contribution is -2.03. The third-order valence-corrected chi connectivity index (χ3v) is 3.39. The first-order valence-corrected chi connectivity index (χ1v) is 6.90. The van der Waals surface area contributed by atoms with Crippen molar-refractivity contribution in [3.8, 4) is 0 Å². The minimum atomic E-state index is -0.911. The second-order valence-electron chi connectivity index (χ2n) is 4.72. The molecule has 1 aromatic carbocycles. The number of hydrogen-bond acceptors (Lipinski definition) is 2. The van der Waals surface area contributed by atoms with E-state index in [4.69, 9.17) is 0 Å². The SMILES string of the molecule is CCCCCn1c(CC)nc2c(C(=O)O)cccc21. The van der Waals surface area contributed by atoms with Crippen molar-refractivity contribution in [2.75, 3.05) is 0 Å².